The summed E-state index contributed by atoms with van der Waals surface area (Å²) in [5.41, 5.74) is 1.36. The number of nitrogens with zero attached hydrogens (tertiary/aromatic N) is 4. The molecule has 9 nitrogen and oxygen atoms in total. The normalized spacial score (nSPS) is 11.6. The summed E-state index contributed by atoms with van der Waals surface area (Å²) >= 11 is 1.15. The molecule has 4 aromatic rings. The number of H-pyrrole nitrogens is 1. The number of amides is 1. The van der Waals surface area contributed by atoms with E-state index in [0.29, 0.717) is 11.3 Å². The predicted molar refractivity (Wildman–Crippen MR) is 140 cm³/mol. The fourth-order valence-electron chi connectivity index (χ4n) is 3.61. The molecule has 13 heteroatoms. The first-order chi connectivity index (χ1) is 17.9. The van der Waals surface area contributed by atoms with Crippen molar-refractivity contribution in [2.24, 2.45) is 0 Å². The van der Waals surface area contributed by atoms with Gasteiger partial charge in [0, 0.05) is 40.7 Å². The molecule has 0 bridgehead atoms. The first kappa shape index (κ1) is 26.9. The molecule has 0 radical (unpaired) electrons. The number of aryl methyl sites for hydroxylation is 2. The van der Waals surface area contributed by atoms with Gasteiger partial charge in [0.25, 0.3) is 11.5 Å². The largest absolute Gasteiger partial charge is 0.435 e. The lowest BCUT2D eigenvalue weighted by Crippen LogP contribution is -2.26. The minimum Gasteiger partial charge on any atom is -0.328 e. The van der Waals surface area contributed by atoms with E-state index in [1.54, 1.807) is 0 Å². The summed E-state index contributed by atoms with van der Waals surface area (Å²) in [5, 5.41) is 6.81. The van der Waals surface area contributed by atoms with Crippen LogP contribution in [0.3, 0.4) is 0 Å². The highest BCUT2D eigenvalue weighted by molar-refractivity contribution is 7.98. The molecule has 38 heavy (non-hydrogen) atoms. The Balaban J connectivity index is 1.81. The van der Waals surface area contributed by atoms with Crippen LogP contribution < -0.4 is 15.6 Å². The van der Waals surface area contributed by atoms with Gasteiger partial charge in [0.05, 0.1) is 0 Å². The summed E-state index contributed by atoms with van der Waals surface area (Å²) in [4.78, 5) is 36.2. The number of anilines is 2. The van der Waals surface area contributed by atoms with Crippen molar-refractivity contribution in [2.75, 3.05) is 5.32 Å². The zero-order valence-corrected chi connectivity index (χ0v) is 21.7. The van der Waals surface area contributed by atoms with E-state index in [4.69, 9.17) is 0 Å². The molecule has 0 aliphatic rings. The van der Waals surface area contributed by atoms with E-state index in [-0.39, 0.29) is 28.1 Å². The molecule has 0 atom stereocenters. The van der Waals surface area contributed by atoms with Crippen LogP contribution in [0, 0.1) is 13.8 Å². The van der Waals surface area contributed by atoms with Gasteiger partial charge in [-0.05, 0) is 61.2 Å². The lowest BCUT2D eigenvalue weighted by Gasteiger charge is -2.13. The number of hydrogen-bond donors (Lipinski definition) is 3. The fraction of sp³-hybridized carbons (Fsp3) is 0.240. The van der Waals surface area contributed by atoms with Gasteiger partial charge in [0.1, 0.15) is 5.56 Å². The molecule has 198 valence electrons. The predicted octanol–water partition coefficient (Wildman–Crippen LogP) is 5.18. The molecule has 0 saturated carbocycles. The number of benzene rings is 1. The molecule has 0 aliphatic carbocycles. The molecular weight excluding hydrogens is 519 g/mol. The third-order valence-corrected chi connectivity index (χ3v) is 5.96. The Bertz CT molecular complexity index is 1530. The Kier molecular flexibility index (Phi) is 7.58. The van der Waals surface area contributed by atoms with Gasteiger partial charge in [0.15, 0.2) is 11.5 Å². The van der Waals surface area contributed by atoms with Gasteiger partial charge in [-0.1, -0.05) is 19.9 Å². The maximum atomic E-state index is 13.3. The molecular formula is C25H24F3N7O2S. The molecule has 0 saturated heterocycles. The number of nitrogens with one attached hydrogen (secondary N) is 3. The number of halogens is 3. The average molecular weight is 544 g/mol. The molecule has 0 aliphatic heterocycles. The summed E-state index contributed by atoms with van der Waals surface area (Å²) in [6.45, 7) is 7.61. The Morgan fingerprint density at radius 3 is 2.47 bits per heavy atom. The van der Waals surface area contributed by atoms with E-state index < -0.39 is 23.3 Å². The summed E-state index contributed by atoms with van der Waals surface area (Å²) in [6.07, 6.45) is -0.799. The zero-order valence-electron chi connectivity index (χ0n) is 20.8. The van der Waals surface area contributed by atoms with Crippen LogP contribution in [0.4, 0.5) is 24.8 Å². The number of carbonyl (C=O) groups excluding carboxylic acids is 1. The van der Waals surface area contributed by atoms with Gasteiger partial charge in [0.2, 0.25) is 5.95 Å². The summed E-state index contributed by atoms with van der Waals surface area (Å²) < 4.78 is 43.5. The van der Waals surface area contributed by atoms with Gasteiger partial charge in [-0.25, -0.2) is 9.67 Å². The highest BCUT2D eigenvalue weighted by atomic mass is 32.2. The fourth-order valence-corrected chi connectivity index (χ4v) is 4.07. The van der Waals surface area contributed by atoms with Crippen molar-refractivity contribution in [1.82, 2.24) is 29.5 Å². The minimum atomic E-state index is -4.66. The Labute approximate surface area is 220 Å². The van der Waals surface area contributed by atoms with Crippen molar-refractivity contribution in [3.05, 3.63) is 81.7 Å². The van der Waals surface area contributed by atoms with E-state index >= 15 is 0 Å². The van der Waals surface area contributed by atoms with Crippen molar-refractivity contribution >= 4 is 29.5 Å². The standard InChI is InChI=1S/C25H24F3N7O2S/c1-13(2)38-34-23(37)18-10-16(11-29-22(18)36)19-12-30-24(31-17-8-14(3)7-15(4)9-17)32-21(19)35-6-5-20(33-35)25(26,27)28/h5-13H,1-4H3,(H,29,36)(H,34,37)(H,30,31,32). The molecule has 0 fully saturated rings. The van der Waals surface area contributed by atoms with E-state index in [9.17, 15) is 22.8 Å². The maximum absolute atomic E-state index is 13.3. The van der Waals surface area contributed by atoms with E-state index in [1.165, 1.54) is 18.5 Å². The van der Waals surface area contributed by atoms with Crippen LogP contribution in [-0.2, 0) is 6.18 Å². The number of aromatic nitrogens is 5. The summed E-state index contributed by atoms with van der Waals surface area (Å²) in [6, 6.07) is 7.91. The quantitative estimate of drug-likeness (QED) is 0.275. The van der Waals surface area contributed by atoms with Crippen molar-refractivity contribution in [1.29, 1.82) is 0 Å². The smallest absolute Gasteiger partial charge is 0.328 e. The van der Waals surface area contributed by atoms with Crippen molar-refractivity contribution in [3.63, 3.8) is 0 Å². The maximum Gasteiger partial charge on any atom is 0.435 e. The topological polar surface area (TPSA) is 118 Å². The molecule has 1 aromatic carbocycles. The third-order valence-electron chi connectivity index (χ3n) is 5.19. The number of rotatable bonds is 7. The van der Waals surface area contributed by atoms with Crippen LogP contribution in [0.1, 0.15) is 41.0 Å². The first-order valence-corrected chi connectivity index (χ1v) is 12.3. The van der Waals surface area contributed by atoms with Gasteiger partial charge < -0.3 is 10.3 Å². The molecule has 1 amide bonds. The van der Waals surface area contributed by atoms with Gasteiger partial charge in [-0.15, -0.1) is 0 Å². The molecule has 3 aromatic heterocycles. The molecule has 0 spiro atoms. The Hall–Kier alpha value is -4.13. The molecule has 0 unspecified atom stereocenters. The third kappa shape index (κ3) is 6.22. The number of hydrogen-bond acceptors (Lipinski definition) is 7. The lowest BCUT2D eigenvalue weighted by atomic mass is 10.1. The Morgan fingerprint density at radius 1 is 1.13 bits per heavy atom. The monoisotopic (exact) mass is 543 g/mol. The summed E-state index contributed by atoms with van der Waals surface area (Å²) in [7, 11) is 0. The average Bonchev–Trinajstić information content (AvgIpc) is 3.33. The number of pyridine rings is 1. The molecule has 4 rings (SSSR count). The van der Waals surface area contributed by atoms with Crippen LogP contribution in [0.2, 0.25) is 0 Å². The van der Waals surface area contributed by atoms with E-state index in [1.807, 2.05) is 45.9 Å². The van der Waals surface area contributed by atoms with Gasteiger partial charge >= 0.3 is 6.18 Å². The zero-order chi connectivity index (χ0) is 27.6. The van der Waals surface area contributed by atoms with E-state index in [0.717, 1.165) is 40.0 Å². The lowest BCUT2D eigenvalue weighted by molar-refractivity contribution is -0.141. The highest BCUT2D eigenvalue weighted by Crippen LogP contribution is 2.30. The van der Waals surface area contributed by atoms with Gasteiger partial charge in [-0.3, -0.25) is 14.3 Å². The van der Waals surface area contributed by atoms with Crippen LogP contribution in [0.5, 0.6) is 0 Å². The number of aromatic amines is 1. The number of alkyl halides is 3. The summed E-state index contributed by atoms with van der Waals surface area (Å²) in [5.74, 6) is -0.480. The second-order valence-electron chi connectivity index (χ2n) is 8.80. The second-order valence-corrected chi connectivity index (χ2v) is 10.2. The first-order valence-electron chi connectivity index (χ1n) is 11.5. The SMILES string of the molecule is Cc1cc(C)cc(Nc2ncc(-c3c[nH]c(=O)c(C(=O)NSC(C)C)c3)c(-n3ccc(C(F)(F)F)n3)n2)c1. The molecule has 3 N–H and O–H groups in total. The number of carbonyl (C=O) groups is 1. The van der Waals surface area contributed by atoms with Crippen molar-refractivity contribution < 1.29 is 18.0 Å². The van der Waals surface area contributed by atoms with Crippen LogP contribution in [0.25, 0.3) is 16.9 Å². The van der Waals surface area contributed by atoms with E-state index in [2.05, 4.69) is 30.1 Å². The van der Waals surface area contributed by atoms with Gasteiger partial charge in [-0.2, -0.15) is 23.3 Å². The van der Waals surface area contributed by atoms with Crippen molar-refractivity contribution in [2.45, 2.75) is 39.1 Å². The minimum absolute atomic E-state index is 0.0114. The highest BCUT2D eigenvalue weighted by Gasteiger charge is 2.34. The van der Waals surface area contributed by atoms with Crippen LogP contribution >= 0.6 is 11.9 Å². The van der Waals surface area contributed by atoms with Crippen LogP contribution in [0.15, 0.2) is 53.7 Å². The van der Waals surface area contributed by atoms with Crippen LogP contribution in [-0.4, -0.2) is 35.9 Å². The second kappa shape index (κ2) is 10.7. The van der Waals surface area contributed by atoms with Crippen molar-refractivity contribution in [3.8, 4) is 16.9 Å². The Morgan fingerprint density at radius 2 is 1.84 bits per heavy atom. The molecule has 3 heterocycles.